The Morgan fingerprint density at radius 1 is 1.09 bits per heavy atom. The summed E-state index contributed by atoms with van der Waals surface area (Å²) in [7, 11) is 0. The second-order valence-corrected chi connectivity index (χ2v) is 5.59. The fraction of sp³-hybridized carbons (Fsp3) is 0.263. The number of benzene rings is 2. The summed E-state index contributed by atoms with van der Waals surface area (Å²) in [6, 6.07) is 15.1. The molecule has 1 amide bonds. The van der Waals surface area contributed by atoms with E-state index in [1.165, 1.54) is 0 Å². The Balaban J connectivity index is 1.89. The van der Waals surface area contributed by atoms with Gasteiger partial charge in [-0.2, -0.15) is 0 Å². The molecule has 0 fully saturated rings. The first-order chi connectivity index (χ1) is 11.0. The Morgan fingerprint density at radius 2 is 1.78 bits per heavy atom. The Labute approximate surface area is 136 Å². The minimum atomic E-state index is -0.478. The first-order valence-corrected chi connectivity index (χ1v) is 7.56. The molecule has 0 unspecified atom stereocenters. The number of carbonyl (C=O) groups excluding carboxylic acids is 2. The third kappa shape index (κ3) is 4.68. The first-order valence-electron chi connectivity index (χ1n) is 7.56. The highest BCUT2D eigenvalue weighted by molar-refractivity contribution is 5.92. The lowest BCUT2D eigenvalue weighted by atomic mass is 10.1. The zero-order chi connectivity index (χ0) is 16.8. The molecule has 2 aromatic rings. The fourth-order valence-corrected chi connectivity index (χ4v) is 2.27. The summed E-state index contributed by atoms with van der Waals surface area (Å²) in [5, 5.41) is 2.81. The van der Waals surface area contributed by atoms with E-state index in [1.807, 2.05) is 63.2 Å². The van der Waals surface area contributed by atoms with Gasteiger partial charge in [-0.15, -0.1) is 0 Å². The first kappa shape index (κ1) is 16.7. The number of ether oxygens (including phenoxy) is 1. The van der Waals surface area contributed by atoms with E-state index >= 15 is 0 Å². The predicted molar refractivity (Wildman–Crippen MR) is 89.2 cm³/mol. The molecule has 0 aliphatic rings. The summed E-state index contributed by atoms with van der Waals surface area (Å²) in [4.78, 5) is 24.0. The van der Waals surface area contributed by atoms with Gasteiger partial charge in [0.05, 0.1) is 11.6 Å². The molecule has 0 aliphatic carbocycles. The van der Waals surface area contributed by atoms with Crippen LogP contribution < -0.4 is 5.32 Å². The van der Waals surface area contributed by atoms with E-state index in [0.717, 1.165) is 16.7 Å². The minimum absolute atomic E-state index is 0.136. The van der Waals surface area contributed by atoms with Gasteiger partial charge in [-0.05, 0) is 38.0 Å². The van der Waals surface area contributed by atoms with Crippen molar-refractivity contribution in [1.29, 1.82) is 0 Å². The number of esters is 1. The van der Waals surface area contributed by atoms with Crippen molar-refractivity contribution in [2.75, 3.05) is 6.61 Å². The number of carbonyl (C=O) groups is 2. The van der Waals surface area contributed by atoms with Crippen molar-refractivity contribution in [3.8, 4) is 0 Å². The normalized spacial score (nSPS) is 11.6. The largest absolute Gasteiger partial charge is 0.452 e. The van der Waals surface area contributed by atoms with Crippen molar-refractivity contribution in [1.82, 2.24) is 5.32 Å². The SMILES string of the molecule is Cc1ccc(C)c(C(=O)OCC(=O)N[C@H](C)c2ccccc2)c1. The van der Waals surface area contributed by atoms with Gasteiger partial charge in [0, 0.05) is 0 Å². The molecule has 1 atom stereocenters. The standard InChI is InChI=1S/C19H21NO3/c1-13-9-10-14(2)17(11-13)19(22)23-12-18(21)20-15(3)16-7-5-4-6-8-16/h4-11,15H,12H2,1-3H3,(H,20,21)/t15-/m1/s1. The second kappa shape index (κ2) is 7.58. The quantitative estimate of drug-likeness (QED) is 0.862. The van der Waals surface area contributed by atoms with Crippen LogP contribution in [0.15, 0.2) is 48.5 Å². The highest BCUT2D eigenvalue weighted by atomic mass is 16.5. The maximum atomic E-state index is 12.1. The van der Waals surface area contributed by atoms with Crippen molar-refractivity contribution in [2.24, 2.45) is 0 Å². The predicted octanol–water partition coefficient (Wildman–Crippen LogP) is 3.34. The van der Waals surface area contributed by atoms with E-state index in [4.69, 9.17) is 4.74 Å². The van der Waals surface area contributed by atoms with Crippen LogP contribution in [0.4, 0.5) is 0 Å². The number of hydrogen-bond donors (Lipinski definition) is 1. The summed E-state index contributed by atoms with van der Waals surface area (Å²) in [6.45, 7) is 5.35. The van der Waals surface area contributed by atoms with Crippen LogP contribution in [0.5, 0.6) is 0 Å². The molecule has 4 nitrogen and oxygen atoms in total. The van der Waals surface area contributed by atoms with Crippen LogP contribution in [-0.2, 0) is 9.53 Å². The smallest absolute Gasteiger partial charge is 0.338 e. The van der Waals surface area contributed by atoms with Gasteiger partial charge < -0.3 is 10.1 Å². The summed E-state index contributed by atoms with van der Waals surface area (Å²) in [5.41, 5.74) is 3.30. The van der Waals surface area contributed by atoms with Crippen LogP contribution in [0.25, 0.3) is 0 Å². The molecular formula is C19H21NO3. The van der Waals surface area contributed by atoms with Gasteiger partial charge in [-0.3, -0.25) is 4.79 Å². The molecule has 1 N–H and O–H groups in total. The Bertz CT molecular complexity index is 695. The van der Waals surface area contributed by atoms with Gasteiger partial charge in [0.25, 0.3) is 5.91 Å². The molecule has 0 saturated heterocycles. The molecule has 0 saturated carbocycles. The minimum Gasteiger partial charge on any atom is -0.452 e. The van der Waals surface area contributed by atoms with Crippen molar-refractivity contribution < 1.29 is 14.3 Å². The molecule has 120 valence electrons. The van der Waals surface area contributed by atoms with Crippen LogP contribution in [0.1, 0.15) is 40.0 Å². The summed E-state index contributed by atoms with van der Waals surface area (Å²) in [6.07, 6.45) is 0. The molecular weight excluding hydrogens is 290 g/mol. The molecule has 0 radical (unpaired) electrons. The topological polar surface area (TPSA) is 55.4 Å². The fourth-order valence-electron chi connectivity index (χ4n) is 2.27. The molecule has 23 heavy (non-hydrogen) atoms. The Hall–Kier alpha value is -2.62. The lowest BCUT2D eigenvalue weighted by molar-refractivity contribution is -0.124. The molecule has 0 bridgehead atoms. The van der Waals surface area contributed by atoms with Gasteiger partial charge in [0.15, 0.2) is 6.61 Å². The lowest BCUT2D eigenvalue weighted by Gasteiger charge is -2.14. The molecule has 0 aromatic heterocycles. The van der Waals surface area contributed by atoms with Crippen molar-refractivity contribution in [2.45, 2.75) is 26.8 Å². The van der Waals surface area contributed by atoms with E-state index in [2.05, 4.69) is 5.32 Å². The summed E-state index contributed by atoms with van der Waals surface area (Å²) < 4.78 is 5.11. The zero-order valence-electron chi connectivity index (χ0n) is 13.6. The molecule has 0 heterocycles. The van der Waals surface area contributed by atoms with Gasteiger partial charge in [0.2, 0.25) is 0 Å². The van der Waals surface area contributed by atoms with Crippen LogP contribution in [0.3, 0.4) is 0 Å². The Morgan fingerprint density at radius 3 is 2.48 bits per heavy atom. The number of rotatable bonds is 5. The third-order valence-electron chi connectivity index (χ3n) is 3.62. The third-order valence-corrected chi connectivity index (χ3v) is 3.62. The van der Waals surface area contributed by atoms with Crippen molar-refractivity contribution in [3.05, 3.63) is 70.8 Å². The molecule has 0 aliphatic heterocycles. The van der Waals surface area contributed by atoms with Crippen molar-refractivity contribution >= 4 is 11.9 Å². The van der Waals surface area contributed by atoms with Crippen LogP contribution in [0, 0.1) is 13.8 Å². The van der Waals surface area contributed by atoms with Gasteiger partial charge in [0.1, 0.15) is 0 Å². The molecule has 2 aromatic carbocycles. The van der Waals surface area contributed by atoms with Crippen LogP contribution >= 0.6 is 0 Å². The summed E-state index contributed by atoms with van der Waals surface area (Å²) in [5.74, 6) is -0.797. The molecule has 0 spiro atoms. The van der Waals surface area contributed by atoms with Crippen LogP contribution in [0.2, 0.25) is 0 Å². The number of amides is 1. The second-order valence-electron chi connectivity index (χ2n) is 5.59. The summed E-state index contributed by atoms with van der Waals surface area (Å²) >= 11 is 0. The average molecular weight is 311 g/mol. The monoisotopic (exact) mass is 311 g/mol. The number of hydrogen-bond acceptors (Lipinski definition) is 3. The van der Waals surface area contributed by atoms with Crippen LogP contribution in [-0.4, -0.2) is 18.5 Å². The van der Waals surface area contributed by atoms with E-state index in [9.17, 15) is 9.59 Å². The van der Waals surface area contributed by atoms with E-state index in [0.29, 0.717) is 5.56 Å². The number of aryl methyl sites for hydroxylation is 2. The highest BCUT2D eigenvalue weighted by Crippen LogP contribution is 2.13. The van der Waals surface area contributed by atoms with Gasteiger partial charge in [-0.25, -0.2) is 4.79 Å². The number of nitrogens with one attached hydrogen (secondary N) is 1. The average Bonchev–Trinajstić information content (AvgIpc) is 2.55. The zero-order valence-corrected chi connectivity index (χ0v) is 13.6. The van der Waals surface area contributed by atoms with E-state index < -0.39 is 5.97 Å². The van der Waals surface area contributed by atoms with Crippen molar-refractivity contribution in [3.63, 3.8) is 0 Å². The maximum Gasteiger partial charge on any atom is 0.338 e. The van der Waals surface area contributed by atoms with E-state index in [-0.39, 0.29) is 18.6 Å². The molecule has 4 heteroatoms. The lowest BCUT2D eigenvalue weighted by Crippen LogP contribution is -2.31. The van der Waals surface area contributed by atoms with E-state index in [1.54, 1.807) is 6.07 Å². The van der Waals surface area contributed by atoms with Gasteiger partial charge in [-0.1, -0.05) is 48.0 Å². The molecule has 2 rings (SSSR count). The maximum absolute atomic E-state index is 12.1. The van der Waals surface area contributed by atoms with Gasteiger partial charge >= 0.3 is 5.97 Å². The highest BCUT2D eigenvalue weighted by Gasteiger charge is 2.14. The Kier molecular flexibility index (Phi) is 5.52.